The van der Waals surface area contributed by atoms with Gasteiger partial charge in [-0.1, -0.05) is 52.7 Å². The SMILES string of the molecule is CC.CC.CC(NCCCN1CCCCCC1)c1ccc(OCCCN(C)N)cc1. The maximum Gasteiger partial charge on any atom is 0.119 e. The molecule has 1 atom stereocenters. The fraction of sp³-hybridized carbons (Fsp3) is 0.760. The molecule has 1 heterocycles. The minimum Gasteiger partial charge on any atom is -0.494 e. The maximum absolute atomic E-state index is 5.76. The molecule has 0 aliphatic carbocycles. The Bertz CT molecular complexity index is 471. The molecule has 0 spiro atoms. The van der Waals surface area contributed by atoms with E-state index < -0.39 is 0 Å². The van der Waals surface area contributed by atoms with Gasteiger partial charge in [-0.15, -0.1) is 0 Å². The molecule has 0 amide bonds. The van der Waals surface area contributed by atoms with E-state index in [-0.39, 0.29) is 0 Å². The number of ether oxygens (including phenoxy) is 1. The standard InChI is InChI=1S/C21H38N4O.2C2H6/c1-19(23-13-7-17-25-15-5-3-4-6-16-25)20-9-11-21(12-10-20)26-18-8-14-24(2)22;2*1-2/h9-12,19,23H,3-8,13-18,22H2,1-2H3;2*1-2H3. The molecule has 1 unspecified atom stereocenters. The summed E-state index contributed by atoms with van der Waals surface area (Å²) in [5.74, 6) is 6.52. The molecule has 0 saturated carbocycles. The van der Waals surface area contributed by atoms with Crippen molar-refractivity contribution in [3.63, 3.8) is 0 Å². The Morgan fingerprint density at radius 2 is 1.60 bits per heavy atom. The van der Waals surface area contributed by atoms with Crippen LogP contribution < -0.4 is 15.9 Å². The molecular weight excluding hydrogens is 372 g/mol. The van der Waals surface area contributed by atoms with Crippen LogP contribution >= 0.6 is 0 Å². The van der Waals surface area contributed by atoms with Crippen LogP contribution in [0.4, 0.5) is 0 Å². The maximum atomic E-state index is 5.76. The zero-order valence-corrected chi connectivity index (χ0v) is 20.8. The summed E-state index contributed by atoms with van der Waals surface area (Å²) in [6, 6.07) is 8.83. The van der Waals surface area contributed by atoms with E-state index in [9.17, 15) is 0 Å². The Hall–Kier alpha value is -1.14. The molecule has 5 heteroatoms. The number of hydrogen-bond donors (Lipinski definition) is 2. The van der Waals surface area contributed by atoms with Crippen LogP contribution in [-0.4, -0.2) is 56.3 Å². The zero-order valence-electron chi connectivity index (χ0n) is 20.8. The van der Waals surface area contributed by atoms with Gasteiger partial charge >= 0.3 is 0 Å². The molecule has 2 rings (SSSR count). The van der Waals surface area contributed by atoms with Gasteiger partial charge in [-0.05, 0) is 76.5 Å². The van der Waals surface area contributed by atoms with Crippen molar-refractivity contribution in [2.45, 2.75) is 79.2 Å². The third-order valence-corrected chi connectivity index (χ3v) is 5.10. The van der Waals surface area contributed by atoms with E-state index in [0.29, 0.717) is 12.6 Å². The summed E-state index contributed by atoms with van der Waals surface area (Å²) in [4.78, 5) is 2.63. The molecule has 1 saturated heterocycles. The van der Waals surface area contributed by atoms with Gasteiger partial charge < -0.3 is 15.0 Å². The summed E-state index contributed by atoms with van der Waals surface area (Å²) in [5.41, 5.74) is 1.31. The molecule has 176 valence electrons. The normalized spacial score (nSPS) is 15.3. The van der Waals surface area contributed by atoms with Crippen LogP contribution in [0.25, 0.3) is 0 Å². The summed E-state index contributed by atoms with van der Waals surface area (Å²) in [7, 11) is 1.87. The van der Waals surface area contributed by atoms with Crippen LogP contribution in [0.1, 0.15) is 84.7 Å². The second-order valence-electron chi connectivity index (χ2n) is 7.54. The molecule has 0 aromatic heterocycles. The predicted octanol–water partition coefficient (Wildman–Crippen LogP) is 5.23. The molecule has 1 aromatic rings. The first-order valence-electron chi connectivity index (χ1n) is 12.3. The van der Waals surface area contributed by atoms with E-state index >= 15 is 0 Å². The highest BCUT2D eigenvalue weighted by atomic mass is 16.5. The first-order chi connectivity index (χ1) is 14.6. The van der Waals surface area contributed by atoms with Crippen molar-refractivity contribution in [2.75, 3.05) is 46.4 Å². The number of nitrogens with two attached hydrogens (primary N) is 1. The van der Waals surface area contributed by atoms with Gasteiger partial charge in [-0.25, -0.2) is 0 Å². The summed E-state index contributed by atoms with van der Waals surface area (Å²) >= 11 is 0. The van der Waals surface area contributed by atoms with E-state index in [2.05, 4.69) is 41.4 Å². The predicted molar refractivity (Wildman–Crippen MR) is 132 cm³/mol. The van der Waals surface area contributed by atoms with Crippen LogP contribution in [0, 0.1) is 0 Å². The molecule has 5 nitrogen and oxygen atoms in total. The Morgan fingerprint density at radius 1 is 1.00 bits per heavy atom. The van der Waals surface area contributed by atoms with Gasteiger partial charge in [0.15, 0.2) is 0 Å². The van der Waals surface area contributed by atoms with Crippen molar-refractivity contribution < 1.29 is 4.74 Å². The first-order valence-corrected chi connectivity index (χ1v) is 12.3. The van der Waals surface area contributed by atoms with Crippen molar-refractivity contribution in [3.8, 4) is 5.75 Å². The number of rotatable bonds is 11. The molecule has 1 fully saturated rings. The van der Waals surface area contributed by atoms with Gasteiger partial charge in [-0.3, -0.25) is 10.9 Å². The summed E-state index contributed by atoms with van der Waals surface area (Å²) in [6.45, 7) is 16.7. The molecule has 0 bridgehead atoms. The fourth-order valence-corrected chi connectivity index (χ4v) is 3.46. The van der Waals surface area contributed by atoms with Crippen LogP contribution in [0.15, 0.2) is 24.3 Å². The van der Waals surface area contributed by atoms with Crippen molar-refractivity contribution in [2.24, 2.45) is 5.84 Å². The lowest BCUT2D eigenvalue weighted by Crippen LogP contribution is -2.29. The first kappa shape index (κ1) is 28.9. The monoisotopic (exact) mass is 422 g/mol. The summed E-state index contributed by atoms with van der Waals surface area (Å²) in [6.07, 6.45) is 7.73. The average molecular weight is 423 g/mol. The van der Waals surface area contributed by atoms with Crippen molar-refractivity contribution in [1.29, 1.82) is 0 Å². The van der Waals surface area contributed by atoms with Crippen LogP contribution in [0.5, 0.6) is 5.75 Å². The summed E-state index contributed by atoms with van der Waals surface area (Å²) < 4.78 is 5.76. The third kappa shape index (κ3) is 14.0. The highest BCUT2D eigenvalue weighted by Gasteiger charge is 2.09. The van der Waals surface area contributed by atoms with Gasteiger partial charge in [0.2, 0.25) is 0 Å². The zero-order chi connectivity index (χ0) is 22.6. The van der Waals surface area contributed by atoms with Gasteiger partial charge in [0.25, 0.3) is 0 Å². The van der Waals surface area contributed by atoms with E-state index in [0.717, 1.165) is 25.3 Å². The van der Waals surface area contributed by atoms with E-state index in [1.165, 1.54) is 57.3 Å². The van der Waals surface area contributed by atoms with Gasteiger partial charge in [0, 0.05) is 19.6 Å². The second-order valence-corrected chi connectivity index (χ2v) is 7.54. The largest absolute Gasteiger partial charge is 0.494 e. The number of hydrazine groups is 1. The lowest BCUT2D eigenvalue weighted by atomic mass is 10.1. The smallest absolute Gasteiger partial charge is 0.119 e. The van der Waals surface area contributed by atoms with Crippen molar-refractivity contribution in [3.05, 3.63) is 29.8 Å². The lowest BCUT2D eigenvalue weighted by molar-refractivity contribution is 0.266. The molecule has 1 aliphatic rings. The average Bonchev–Trinajstić information content (AvgIpc) is 3.06. The Labute approximate surface area is 187 Å². The Balaban J connectivity index is 0.00000198. The number of likely N-dealkylation sites (tertiary alicyclic amines) is 1. The molecule has 30 heavy (non-hydrogen) atoms. The molecule has 3 N–H and O–H groups in total. The number of nitrogens with one attached hydrogen (secondary N) is 1. The number of nitrogens with zero attached hydrogens (tertiary/aromatic N) is 2. The lowest BCUT2D eigenvalue weighted by Gasteiger charge is -2.20. The number of hydrogen-bond acceptors (Lipinski definition) is 5. The van der Waals surface area contributed by atoms with Gasteiger partial charge in [0.1, 0.15) is 5.75 Å². The Morgan fingerprint density at radius 3 is 2.17 bits per heavy atom. The molecular formula is C25H50N4O. The van der Waals surface area contributed by atoms with Crippen LogP contribution in [-0.2, 0) is 0 Å². The topological polar surface area (TPSA) is 53.8 Å². The fourth-order valence-electron chi connectivity index (χ4n) is 3.46. The highest BCUT2D eigenvalue weighted by Crippen LogP contribution is 2.18. The van der Waals surface area contributed by atoms with Crippen molar-refractivity contribution in [1.82, 2.24) is 15.2 Å². The molecule has 0 radical (unpaired) electrons. The molecule has 1 aliphatic heterocycles. The van der Waals surface area contributed by atoms with Crippen LogP contribution in [0.3, 0.4) is 0 Å². The minimum absolute atomic E-state index is 0.374. The van der Waals surface area contributed by atoms with Gasteiger partial charge in [-0.2, -0.15) is 0 Å². The van der Waals surface area contributed by atoms with Crippen LogP contribution in [0.2, 0.25) is 0 Å². The quantitative estimate of drug-likeness (QED) is 0.290. The Kier molecular flexibility index (Phi) is 19.0. The summed E-state index contributed by atoms with van der Waals surface area (Å²) in [5, 5.41) is 5.34. The van der Waals surface area contributed by atoms with E-state index in [1.54, 1.807) is 5.01 Å². The third-order valence-electron chi connectivity index (χ3n) is 5.10. The highest BCUT2D eigenvalue weighted by molar-refractivity contribution is 5.28. The van der Waals surface area contributed by atoms with Crippen molar-refractivity contribution >= 4 is 0 Å². The second kappa shape index (κ2) is 19.8. The minimum atomic E-state index is 0.374. The van der Waals surface area contributed by atoms with Gasteiger partial charge in [0.05, 0.1) is 6.61 Å². The molecule has 1 aromatic carbocycles. The number of benzene rings is 1. The van der Waals surface area contributed by atoms with E-state index in [1.807, 2.05) is 34.7 Å². The van der Waals surface area contributed by atoms with E-state index in [4.69, 9.17) is 10.6 Å².